The first-order chi connectivity index (χ1) is 13.0. The zero-order valence-corrected chi connectivity index (χ0v) is 16.1. The number of pyridine rings is 1. The lowest BCUT2D eigenvalue weighted by atomic mass is 10.1. The van der Waals surface area contributed by atoms with Crippen LogP contribution in [0.2, 0.25) is 0 Å². The number of hydrogen-bond donors (Lipinski definition) is 1. The molecule has 7 heteroatoms. The summed E-state index contributed by atoms with van der Waals surface area (Å²) < 4.78 is 7.71. The summed E-state index contributed by atoms with van der Waals surface area (Å²) in [5.41, 5.74) is 2.56. The molecule has 0 atom stereocenters. The molecule has 0 bridgehead atoms. The number of benzene rings is 1. The Morgan fingerprint density at radius 3 is 2.44 bits per heavy atom. The Kier molecular flexibility index (Phi) is 5.30. The van der Waals surface area contributed by atoms with Crippen LogP contribution in [0.1, 0.15) is 18.1 Å². The number of ether oxygens (including phenoxy) is 1. The maximum atomic E-state index is 12.7. The lowest BCUT2D eigenvalue weighted by Gasteiger charge is -2.15. The van der Waals surface area contributed by atoms with Crippen molar-refractivity contribution in [2.45, 2.75) is 19.8 Å². The molecule has 0 fully saturated rings. The van der Waals surface area contributed by atoms with E-state index in [0.717, 1.165) is 34.4 Å². The van der Waals surface area contributed by atoms with Gasteiger partial charge in [-0.2, -0.15) is 0 Å². The second kappa shape index (κ2) is 7.65. The largest absolute Gasteiger partial charge is 0.497 e. The average molecular weight is 368 g/mol. The first-order valence-corrected chi connectivity index (χ1v) is 8.92. The van der Waals surface area contributed by atoms with E-state index < -0.39 is 0 Å². The van der Waals surface area contributed by atoms with Crippen LogP contribution in [0.15, 0.2) is 40.1 Å². The van der Waals surface area contributed by atoms with E-state index in [1.165, 1.54) is 17.2 Å². The van der Waals surface area contributed by atoms with Crippen LogP contribution in [0.25, 0.3) is 11.0 Å². The van der Waals surface area contributed by atoms with Gasteiger partial charge in [0.05, 0.1) is 12.8 Å². The van der Waals surface area contributed by atoms with Gasteiger partial charge in [0.2, 0.25) is 0 Å². The number of fused-ring (bicyclic) bond motifs is 1. The van der Waals surface area contributed by atoms with Crippen molar-refractivity contribution in [2.24, 2.45) is 14.1 Å². The van der Waals surface area contributed by atoms with Gasteiger partial charge in [0.25, 0.3) is 5.56 Å². The second-order valence-electron chi connectivity index (χ2n) is 6.44. The third-order valence-corrected chi connectivity index (χ3v) is 4.80. The Morgan fingerprint density at radius 1 is 1.11 bits per heavy atom. The molecule has 3 rings (SSSR count). The van der Waals surface area contributed by atoms with E-state index in [4.69, 9.17) is 4.74 Å². The Labute approximate surface area is 157 Å². The highest BCUT2D eigenvalue weighted by Crippen LogP contribution is 2.23. The van der Waals surface area contributed by atoms with Gasteiger partial charge in [0, 0.05) is 26.8 Å². The summed E-state index contributed by atoms with van der Waals surface area (Å²) in [7, 11) is 4.76. The van der Waals surface area contributed by atoms with Crippen molar-refractivity contribution in [2.75, 3.05) is 19.0 Å². The van der Waals surface area contributed by atoms with E-state index in [1.54, 1.807) is 20.4 Å². The van der Waals surface area contributed by atoms with Gasteiger partial charge in [-0.1, -0.05) is 19.1 Å². The molecule has 0 aliphatic carbocycles. The molecule has 0 aliphatic heterocycles. The van der Waals surface area contributed by atoms with Crippen molar-refractivity contribution in [1.82, 2.24) is 14.1 Å². The molecule has 2 heterocycles. The standard InChI is InChI=1S/C20H24N4O3/c1-5-14-12-22-18-16(19(25)24(3)20(26)23(18)2)17(14)21-11-10-13-6-8-15(27-4)9-7-13/h6-9,12H,5,10-11H2,1-4H3,(H,21,22). The summed E-state index contributed by atoms with van der Waals surface area (Å²) in [5, 5.41) is 3.85. The Morgan fingerprint density at radius 2 is 1.81 bits per heavy atom. The van der Waals surface area contributed by atoms with Crippen LogP contribution in [0, 0.1) is 0 Å². The minimum absolute atomic E-state index is 0.331. The van der Waals surface area contributed by atoms with Crippen molar-refractivity contribution < 1.29 is 4.74 Å². The van der Waals surface area contributed by atoms with Crippen LogP contribution in [-0.2, 0) is 26.9 Å². The SMILES string of the molecule is CCc1cnc2c(c1NCCc1ccc(OC)cc1)c(=O)n(C)c(=O)n2C. The molecule has 0 saturated carbocycles. The number of aromatic nitrogens is 3. The Balaban J connectivity index is 1.97. The fraction of sp³-hybridized carbons (Fsp3) is 0.350. The molecular formula is C20H24N4O3. The number of aryl methyl sites for hydroxylation is 2. The molecule has 2 aromatic heterocycles. The first-order valence-electron chi connectivity index (χ1n) is 8.92. The van der Waals surface area contributed by atoms with Crippen molar-refractivity contribution in [1.29, 1.82) is 0 Å². The predicted octanol–water partition coefficient (Wildman–Crippen LogP) is 1.86. The van der Waals surface area contributed by atoms with Gasteiger partial charge in [0.1, 0.15) is 11.1 Å². The summed E-state index contributed by atoms with van der Waals surface area (Å²) in [6.07, 6.45) is 3.26. The van der Waals surface area contributed by atoms with Crippen LogP contribution >= 0.6 is 0 Å². The number of anilines is 1. The highest BCUT2D eigenvalue weighted by Gasteiger charge is 2.16. The zero-order chi connectivity index (χ0) is 19.6. The zero-order valence-electron chi connectivity index (χ0n) is 16.1. The molecule has 0 unspecified atom stereocenters. The maximum Gasteiger partial charge on any atom is 0.332 e. The third-order valence-electron chi connectivity index (χ3n) is 4.80. The van der Waals surface area contributed by atoms with Gasteiger partial charge in [-0.05, 0) is 36.1 Å². The van der Waals surface area contributed by atoms with Crippen molar-refractivity contribution in [3.05, 3.63) is 62.4 Å². The topological polar surface area (TPSA) is 78.2 Å². The minimum Gasteiger partial charge on any atom is -0.497 e. The van der Waals surface area contributed by atoms with Crippen LogP contribution in [-0.4, -0.2) is 27.8 Å². The normalized spacial score (nSPS) is 11.0. The fourth-order valence-electron chi connectivity index (χ4n) is 3.16. The number of methoxy groups -OCH3 is 1. The monoisotopic (exact) mass is 368 g/mol. The molecule has 0 saturated heterocycles. The van der Waals surface area contributed by atoms with E-state index in [-0.39, 0.29) is 11.2 Å². The van der Waals surface area contributed by atoms with E-state index >= 15 is 0 Å². The Hall–Kier alpha value is -3.09. The number of nitrogens with one attached hydrogen (secondary N) is 1. The van der Waals surface area contributed by atoms with E-state index in [0.29, 0.717) is 17.6 Å². The lowest BCUT2D eigenvalue weighted by Crippen LogP contribution is -2.37. The fourth-order valence-corrected chi connectivity index (χ4v) is 3.16. The van der Waals surface area contributed by atoms with Gasteiger partial charge in [-0.25, -0.2) is 9.78 Å². The highest BCUT2D eigenvalue weighted by atomic mass is 16.5. The smallest absolute Gasteiger partial charge is 0.332 e. The van der Waals surface area contributed by atoms with Crippen LogP contribution in [0.3, 0.4) is 0 Å². The highest BCUT2D eigenvalue weighted by molar-refractivity contribution is 5.90. The first kappa shape index (κ1) is 18.7. The van der Waals surface area contributed by atoms with E-state index in [2.05, 4.69) is 10.3 Å². The van der Waals surface area contributed by atoms with Crippen LogP contribution in [0.4, 0.5) is 5.69 Å². The molecule has 27 heavy (non-hydrogen) atoms. The molecule has 1 aromatic carbocycles. The molecule has 3 aromatic rings. The maximum absolute atomic E-state index is 12.7. The number of hydrogen-bond acceptors (Lipinski definition) is 5. The van der Waals surface area contributed by atoms with E-state index in [9.17, 15) is 9.59 Å². The van der Waals surface area contributed by atoms with Crippen molar-refractivity contribution >= 4 is 16.7 Å². The number of nitrogens with zero attached hydrogens (tertiary/aromatic N) is 3. The summed E-state index contributed by atoms with van der Waals surface area (Å²) in [4.78, 5) is 29.3. The summed E-state index contributed by atoms with van der Waals surface area (Å²) in [6.45, 7) is 2.67. The van der Waals surface area contributed by atoms with Crippen molar-refractivity contribution in [3.63, 3.8) is 0 Å². The molecule has 7 nitrogen and oxygen atoms in total. The molecule has 0 radical (unpaired) electrons. The molecule has 0 aliphatic rings. The summed E-state index contributed by atoms with van der Waals surface area (Å²) in [5.74, 6) is 0.824. The number of rotatable bonds is 6. The summed E-state index contributed by atoms with van der Waals surface area (Å²) >= 11 is 0. The minimum atomic E-state index is -0.381. The van der Waals surface area contributed by atoms with E-state index in [1.807, 2.05) is 31.2 Å². The molecule has 142 valence electrons. The lowest BCUT2D eigenvalue weighted by molar-refractivity contribution is 0.414. The van der Waals surface area contributed by atoms with Gasteiger partial charge in [-0.3, -0.25) is 13.9 Å². The molecule has 1 N–H and O–H groups in total. The van der Waals surface area contributed by atoms with Gasteiger partial charge >= 0.3 is 5.69 Å². The average Bonchev–Trinajstić information content (AvgIpc) is 2.70. The van der Waals surface area contributed by atoms with Gasteiger partial charge in [0.15, 0.2) is 5.65 Å². The van der Waals surface area contributed by atoms with Gasteiger partial charge < -0.3 is 10.1 Å². The van der Waals surface area contributed by atoms with Crippen LogP contribution < -0.4 is 21.3 Å². The predicted molar refractivity (Wildman–Crippen MR) is 107 cm³/mol. The summed E-state index contributed by atoms with van der Waals surface area (Å²) in [6, 6.07) is 7.91. The molecular weight excluding hydrogens is 344 g/mol. The van der Waals surface area contributed by atoms with Crippen molar-refractivity contribution in [3.8, 4) is 5.75 Å². The van der Waals surface area contributed by atoms with Gasteiger partial charge in [-0.15, -0.1) is 0 Å². The quantitative estimate of drug-likeness (QED) is 0.719. The second-order valence-corrected chi connectivity index (χ2v) is 6.44. The molecule has 0 spiro atoms. The van der Waals surface area contributed by atoms with Crippen LogP contribution in [0.5, 0.6) is 5.75 Å². The Bertz CT molecular complexity index is 1080. The third kappa shape index (κ3) is 3.45. The molecule has 0 amide bonds.